The lowest BCUT2D eigenvalue weighted by Gasteiger charge is -2.25. The summed E-state index contributed by atoms with van der Waals surface area (Å²) in [4.78, 5) is 9.64. The Kier molecular flexibility index (Phi) is 3.76. The van der Waals surface area contributed by atoms with Crippen LogP contribution < -0.4 is 5.32 Å². The molecule has 2 rings (SSSR count). The van der Waals surface area contributed by atoms with E-state index in [1.54, 1.807) is 6.33 Å². The van der Waals surface area contributed by atoms with Crippen LogP contribution in [0.15, 0.2) is 24.5 Å². The van der Waals surface area contributed by atoms with Gasteiger partial charge in [-0.1, -0.05) is 13.0 Å². The number of aromatic amines is 1. The molecule has 1 unspecified atom stereocenters. The molecule has 2 aromatic rings. The second kappa shape index (κ2) is 5.29. The first-order valence-corrected chi connectivity index (χ1v) is 6.02. The van der Waals surface area contributed by atoms with Gasteiger partial charge in [-0.25, -0.2) is 4.98 Å². The van der Waals surface area contributed by atoms with Gasteiger partial charge in [0.1, 0.15) is 0 Å². The maximum absolute atomic E-state index is 4.24. The monoisotopic (exact) mass is 232 g/mol. The van der Waals surface area contributed by atoms with Gasteiger partial charge in [-0.15, -0.1) is 0 Å². The predicted octanol–water partition coefficient (Wildman–Crippen LogP) is 1.78. The van der Waals surface area contributed by atoms with Gasteiger partial charge in [-0.05, 0) is 38.3 Å². The normalized spacial score (nSPS) is 13.4. The number of nitrogens with zero attached hydrogens (tertiary/aromatic N) is 2. The minimum Gasteiger partial charge on any atom is -0.345 e. The summed E-state index contributed by atoms with van der Waals surface area (Å²) < 4.78 is 0. The highest BCUT2D eigenvalue weighted by Gasteiger charge is 2.14. The van der Waals surface area contributed by atoms with Crippen molar-refractivity contribution in [3.05, 3.63) is 30.1 Å². The molecule has 17 heavy (non-hydrogen) atoms. The molecule has 0 spiro atoms. The van der Waals surface area contributed by atoms with E-state index in [1.165, 1.54) is 5.56 Å². The lowest BCUT2D eigenvalue weighted by atomic mass is 10.1. The summed E-state index contributed by atoms with van der Waals surface area (Å²) >= 11 is 0. The highest BCUT2D eigenvalue weighted by atomic mass is 15.1. The summed E-state index contributed by atoms with van der Waals surface area (Å²) in [6.07, 6.45) is 1.74. The molecule has 0 amide bonds. The van der Waals surface area contributed by atoms with Crippen molar-refractivity contribution >= 4 is 11.0 Å². The third-order valence-electron chi connectivity index (χ3n) is 3.04. The molecule has 0 aliphatic heterocycles. The fraction of sp³-hybridized carbons (Fsp3) is 0.462. The molecule has 0 aliphatic rings. The lowest BCUT2D eigenvalue weighted by Crippen LogP contribution is -2.30. The molecule has 1 heterocycles. The minimum atomic E-state index is 0.391. The van der Waals surface area contributed by atoms with E-state index >= 15 is 0 Å². The molecular formula is C13H20N4. The number of likely N-dealkylation sites (N-methyl/N-ethyl adjacent to an activating group) is 2. The second-order valence-electron chi connectivity index (χ2n) is 4.47. The average Bonchev–Trinajstić information content (AvgIpc) is 2.76. The summed E-state index contributed by atoms with van der Waals surface area (Å²) in [6.45, 7) is 4.09. The van der Waals surface area contributed by atoms with Gasteiger partial charge in [0, 0.05) is 12.6 Å². The molecular weight excluding hydrogens is 212 g/mol. The van der Waals surface area contributed by atoms with Gasteiger partial charge < -0.3 is 15.2 Å². The number of imidazole rings is 1. The van der Waals surface area contributed by atoms with Crippen LogP contribution in [0.5, 0.6) is 0 Å². The van der Waals surface area contributed by atoms with Crippen molar-refractivity contribution < 1.29 is 0 Å². The van der Waals surface area contributed by atoms with Crippen LogP contribution in [0.25, 0.3) is 11.0 Å². The maximum atomic E-state index is 4.24. The van der Waals surface area contributed by atoms with Crippen LogP contribution in [0.4, 0.5) is 0 Å². The van der Waals surface area contributed by atoms with E-state index < -0.39 is 0 Å². The minimum absolute atomic E-state index is 0.391. The summed E-state index contributed by atoms with van der Waals surface area (Å²) in [5.41, 5.74) is 3.44. The zero-order chi connectivity index (χ0) is 12.3. The Morgan fingerprint density at radius 2 is 2.24 bits per heavy atom. The Balaban J connectivity index is 2.27. The Labute approximate surface area is 102 Å². The van der Waals surface area contributed by atoms with Crippen molar-refractivity contribution in [1.82, 2.24) is 20.2 Å². The summed E-state index contributed by atoms with van der Waals surface area (Å²) in [7, 11) is 4.22. The zero-order valence-corrected chi connectivity index (χ0v) is 10.7. The number of H-pyrrole nitrogens is 1. The summed E-state index contributed by atoms with van der Waals surface area (Å²) in [6, 6.07) is 6.81. The van der Waals surface area contributed by atoms with Crippen LogP contribution in [0.2, 0.25) is 0 Å². The SMILES string of the molecule is CCNCC(c1ccc2nc[nH]c2c1)N(C)C. The third kappa shape index (κ3) is 2.65. The molecule has 4 nitrogen and oxygen atoms in total. The first kappa shape index (κ1) is 12.1. The van der Waals surface area contributed by atoms with Gasteiger partial charge in [0.15, 0.2) is 0 Å². The van der Waals surface area contributed by atoms with Crippen LogP contribution in [-0.4, -0.2) is 42.1 Å². The summed E-state index contributed by atoms with van der Waals surface area (Å²) in [5, 5.41) is 3.40. The summed E-state index contributed by atoms with van der Waals surface area (Å²) in [5.74, 6) is 0. The molecule has 0 bridgehead atoms. The van der Waals surface area contributed by atoms with Gasteiger partial charge in [0.2, 0.25) is 0 Å². The van der Waals surface area contributed by atoms with E-state index in [2.05, 4.69) is 59.4 Å². The quantitative estimate of drug-likeness (QED) is 0.826. The second-order valence-corrected chi connectivity index (χ2v) is 4.47. The van der Waals surface area contributed by atoms with Crippen LogP contribution in [0.1, 0.15) is 18.5 Å². The topological polar surface area (TPSA) is 44.0 Å². The van der Waals surface area contributed by atoms with Crippen molar-refractivity contribution in [3.8, 4) is 0 Å². The van der Waals surface area contributed by atoms with E-state index in [0.717, 1.165) is 24.1 Å². The van der Waals surface area contributed by atoms with Crippen LogP contribution in [-0.2, 0) is 0 Å². The number of benzene rings is 1. The molecule has 0 saturated heterocycles. The molecule has 1 aromatic carbocycles. The van der Waals surface area contributed by atoms with Gasteiger partial charge in [0.25, 0.3) is 0 Å². The Morgan fingerprint density at radius 1 is 1.41 bits per heavy atom. The van der Waals surface area contributed by atoms with Crippen molar-refractivity contribution in [2.75, 3.05) is 27.2 Å². The smallest absolute Gasteiger partial charge is 0.0931 e. The van der Waals surface area contributed by atoms with Gasteiger partial charge in [0.05, 0.1) is 17.4 Å². The Bertz CT molecular complexity index is 475. The Morgan fingerprint density at radius 3 is 2.94 bits per heavy atom. The number of rotatable bonds is 5. The molecule has 1 aromatic heterocycles. The van der Waals surface area contributed by atoms with Crippen LogP contribution in [0.3, 0.4) is 0 Å². The standard InChI is InChI=1S/C13H20N4/c1-4-14-8-13(17(2)3)10-5-6-11-12(7-10)16-9-15-11/h5-7,9,13-14H,4,8H2,1-3H3,(H,15,16). The van der Waals surface area contributed by atoms with E-state index in [1.807, 2.05) is 0 Å². The highest BCUT2D eigenvalue weighted by molar-refractivity contribution is 5.75. The van der Waals surface area contributed by atoms with Gasteiger partial charge in [-0.2, -0.15) is 0 Å². The first-order valence-electron chi connectivity index (χ1n) is 6.02. The fourth-order valence-corrected chi connectivity index (χ4v) is 2.04. The molecule has 0 radical (unpaired) electrons. The molecule has 2 N–H and O–H groups in total. The molecule has 0 saturated carbocycles. The number of fused-ring (bicyclic) bond motifs is 1. The van der Waals surface area contributed by atoms with Crippen LogP contribution in [0, 0.1) is 0 Å². The average molecular weight is 232 g/mol. The van der Waals surface area contributed by atoms with Gasteiger partial charge >= 0.3 is 0 Å². The third-order valence-corrected chi connectivity index (χ3v) is 3.04. The molecule has 92 valence electrons. The molecule has 4 heteroatoms. The largest absolute Gasteiger partial charge is 0.345 e. The molecule has 1 atom stereocenters. The number of hydrogen-bond donors (Lipinski definition) is 2. The predicted molar refractivity (Wildman–Crippen MR) is 71.1 cm³/mol. The number of aromatic nitrogens is 2. The van der Waals surface area contributed by atoms with Crippen molar-refractivity contribution in [3.63, 3.8) is 0 Å². The number of hydrogen-bond acceptors (Lipinski definition) is 3. The van der Waals surface area contributed by atoms with Crippen molar-refractivity contribution in [2.24, 2.45) is 0 Å². The maximum Gasteiger partial charge on any atom is 0.0931 e. The zero-order valence-electron chi connectivity index (χ0n) is 10.7. The molecule has 0 aliphatic carbocycles. The van der Waals surface area contributed by atoms with E-state index in [9.17, 15) is 0 Å². The van der Waals surface area contributed by atoms with E-state index in [4.69, 9.17) is 0 Å². The van der Waals surface area contributed by atoms with Gasteiger partial charge in [-0.3, -0.25) is 0 Å². The first-order chi connectivity index (χ1) is 8.22. The lowest BCUT2D eigenvalue weighted by molar-refractivity contribution is 0.290. The highest BCUT2D eigenvalue weighted by Crippen LogP contribution is 2.21. The van der Waals surface area contributed by atoms with Crippen molar-refractivity contribution in [1.29, 1.82) is 0 Å². The number of nitrogens with one attached hydrogen (secondary N) is 2. The van der Waals surface area contributed by atoms with Crippen LogP contribution >= 0.6 is 0 Å². The van der Waals surface area contributed by atoms with E-state index in [0.29, 0.717) is 6.04 Å². The Hall–Kier alpha value is -1.39. The van der Waals surface area contributed by atoms with Crippen molar-refractivity contribution in [2.45, 2.75) is 13.0 Å². The molecule has 0 fully saturated rings. The van der Waals surface area contributed by atoms with E-state index in [-0.39, 0.29) is 0 Å². The fourth-order valence-electron chi connectivity index (χ4n) is 2.04.